The largest absolute Gasteiger partial charge is 0.310 e. The van der Waals surface area contributed by atoms with Crippen molar-refractivity contribution in [1.82, 2.24) is 4.98 Å². The molecule has 2 aromatic carbocycles. The average Bonchev–Trinajstić information content (AvgIpc) is 2.49. The summed E-state index contributed by atoms with van der Waals surface area (Å²) in [5.74, 6) is 0.535. The number of carbonyl (C=O) groups excluding carboxylic acids is 1. The highest BCUT2D eigenvalue weighted by molar-refractivity contribution is 5.92. The number of pyridine rings is 1. The summed E-state index contributed by atoms with van der Waals surface area (Å²) in [4.78, 5) is 16.2. The van der Waals surface area contributed by atoms with Crippen molar-refractivity contribution >= 4 is 22.5 Å². The first-order valence-electron chi connectivity index (χ1n) is 6.91. The van der Waals surface area contributed by atoms with Gasteiger partial charge in [-0.15, -0.1) is 0 Å². The van der Waals surface area contributed by atoms with Gasteiger partial charge in [0.25, 0.3) is 0 Å². The minimum Gasteiger partial charge on any atom is -0.310 e. The lowest BCUT2D eigenvalue weighted by molar-refractivity contribution is -0.115. The Morgan fingerprint density at radius 2 is 1.86 bits per heavy atom. The topological polar surface area (TPSA) is 42.0 Å². The van der Waals surface area contributed by atoms with E-state index in [9.17, 15) is 4.79 Å². The summed E-state index contributed by atoms with van der Waals surface area (Å²) in [7, 11) is 0. The van der Waals surface area contributed by atoms with Crippen LogP contribution in [0.25, 0.3) is 10.8 Å². The van der Waals surface area contributed by atoms with E-state index in [1.54, 1.807) is 6.20 Å². The Morgan fingerprint density at radius 3 is 2.62 bits per heavy atom. The molecule has 0 spiro atoms. The summed E-state index contributed by atoms with van der Waals surface area (Å²) in [5.41, 5.74) is 2.07. The van der Waals surface area contributed by atoms with E-state index in [2.05, 4.69) is 28.5 Å². The Morgan fingerprint density at radius 1 is 1.05 bits per heavy atom. The van der Waals surface area contributed by atoms with Crippen molar-refractivity contribution in [3.05, 3.63) is 71.9 Å². The summed E-state index contributed by atoms with van der Waals surface area (Å²) < 4.78 is 0. The third kappa shape index (κ3) is 3.26. The Bertz CT molecular complexity index is 779. The van der Waals surface area contributed by atoms with Crippen molar-refractivity contribution in [1.29, 1.82) is 0 Å². The van der Waals surface area contributed by atoms with Crippen LogP contribution in [0, 0.1) is 6.92 Å². The number of nitrogens with zero attached hydrogens (tertiary/aromatic N) is 1. The van der Waals surface area contributed by atoms with E-state index in [4.69, 9.17) is 0 Å². The van der Waals surface area contributed by atoms with Gasteiger partial charge >= 0.3 is 0 Å². The molecule has 104 valence electrons. The zero-order valence-corrected chi connectivity index (χ0v) is 11.8. The first kappa shape index (κ1) is 13.3. The van der Waals surface area contributed by atoms with Gasteiger partial charge in [-0.1, -0.05) is 48.5 Å². The molecule has 1 N–H and O–H groups in total. The van der Waals surface area contributed by atoms with Crippen LogP contribution in [0.3, 0.4) is 0 Å². The van der Waals surface area contributed by atoms with Crippen molar-refractivity contribution in [3.8, 4) is 0 Å². The fourth-order valence-corrected chi connectivity index (χ4v) is 2.26. The van der Waals surface area contributed by atoms with Gasteiger partial charge in [0.05, 0.1) is 6.42 Å². The molecule has 21 heavy (non-hydrogen) atoms. The molecule has 0 atom stereocenters. The monoisotopic (exact) mass is 276 g/mol. The van der Waals surface area contributed by atoms with Crippen molar-refractivity contribution < 1.29 is 4.79 Å². The molecule has 1 amide bonds. The Kier molecular flexibility index (Phi) is 3.65. The summed E-state index contributed by atoms with van der Waals surface area (Å²) in [6.07, 6.45) is 2.09. The normalized spacial score (nSPS) is 10.5. The molecule has 1 aromatic heterocycles. The van der Waals surface area contributed by atoms with E-state index in [0.29, 0.717) is 12.2 Å². The predicted molar refractivity (Wildman–Crippen MR) is 85.3 cm³/mol. The molecule has 0 saturated heterocycles. The Labute approximate surface area is 123 Å². The standard InChI is InChI=1S/C18H16N2O/c1-13-6-9-17(19-12-13)20-18(21)11-14-7-8-15-4-2-3-5-16(15)10-14/h2-10,12H,11H2,1H3,(H,19,20,21). The fourth-order valence-electron chi connectivity index (χ4n) is 2.26. The van der Waals surface area contributed by atoms with Gasteiger partial charge < -0.3 is 5.32 Å². The lowest BCUT2D eigenvalue weighted by atomic mass is 10.0. The van der Waals surface area contributed by atoms with Gasteiger partial charge in [0.1, 0.15) is 5.82 Å². The SMILES string of the molecule is Cc1ccc(NC(=O)Cc2ccc3ccccc3c2)nc1. The smallest absolute Gasteiger partial charge is 0.229 e. The third-order valence-electron chi connectivity index (χ3n) is 3.36. The molecule has 3 aromatic rings. The zero-order chi connectivity index (χ0) is 14.7. The quantitative estimate of drug-likeness (QED) is 0.792. The third-order valence-corrected chi connectivity index (χ3v) is 3.36. The minimum absolute atomic E-state index is 0.0540. The molecule has 0 aliphatic rings. The summed E-state index contributed by atoms with van der Waals surface area (Å²) in [5, 5.41) is 5.15. The number of rotatable bonds is 3. The van der Waals surface area contributed by atoms with Crippen molar-refractivity contribution in [2.24, 2.45) is 0 Å². The molecule has 0 aliphatic carbocycles. The number of fused-ring (bicyclic) bond motifs is 1. The second-order valence-electron chi connectivity index (χ2n) is 5.13. The second kappa shape index (κ2) is 5.75. The van der Waals surface area contributed by atoms with Gasteiger partial charge in [0, 0.05) is 6.20 Å². The Hall–Kier alpha value is -2.68. The Balaban J connectivity index is 1.72. The molecular formula is C18H16N2O. The molecule has 3 nitrogen and oxygen atoms in total. The second-order valence-corrected chi connectivity index (χ2v) is 5.13. The molecule has 0 fully saturated rings. The van der Waals surface area contributed by atoms with Crippen LogP contribution < -0.4 is 5.32 Å². The molecule has 0 aliphatic heterocycles. The summed E-state index contributed by atoms with van der Waals surface area (Å²) >= 11 is 0. The average molecular weight is 276 g/mol. The molecule has 0 saturated carbocycles. The minimum atomic E-state index is -0.0540. The van der Waals surface area contributed by atoms with Gasteiger partial charge in [0.15, 0.2) is 0 Å². The molecule has 3 rings (SSSR count). The van der Waals surface area contributed by atoms with Crippen LogP contribution in [-0.4, -0.2) is 10.9 Å². The maximum atomic E-state index is 12.1. The highest BCUT2D eigenvalue weighted by Gasteiger charge is 2.05. The fraction of sp³-hybridized carbons (Fsp3) is 0.111. The van der Waals surface area contributed by atoms with Crippen LogP contribution in [0.15, 0.2) is 60.8 Å². The van der Waals surface area contributed by atoms with Crippen LogP contribution in [0.4, 0.5) is 5.82 Å². The van der Waals surface area contributed by atoms with Gasteiger partial charge in [-0.3, -0.25) is 4.79 Å². The maximum Gasteiger partial charge on any atom is 0.229 e. The van der Waals surface area contributed by atoms with Gasteiger partial charge in [-0.05, 0) is 34.9 Å². The molecule has 3 heteroatoms. The zero-order valence-electron chi connectivity index (χ0n) is 11.8. The first-order valence-corrected chi connectivity index (χ1v) is 6.91. The van der Waals surface area contributed by atoms with E-state index in [0.717, 1.165) is 16.5 Å². The highest BCUT2D eigenvalue weighted by Crippen LogP contribution is 2.16. The summed E-state index contributed by atoms with van der Waals surface area (Å²) in [6.45, 7) is 1.97. The van der Waals surface area contributed by atoms with E-state index >= 15 is 0 Å². The van der Waals surface area contributed by atoms with Gasteiger partial charge in [0.2, 0.25) is 5.91 Å². The van der Waals surface area contributed by atoms with Crippen LogP contribution in [0.1, 0.15) is 11.1 Å². The molecule has 0 unspecified atom stereocenters. The van der Waals surface area contributed by atoms with Gasteiger partial charge in [-0.25, -0.2) is 4.98 Å². The number of anilines is 1. The maximum absolute atomic E-state index is 12.1. The molecule has 0 radical (unpaired) electrons. The number of benzene rings is 2. The first-order chi connectivity index (χ1) is 10.2. The molecule has 1 heterocycles. The van der Waals surface area contributed by atoms with E-state index in [-0.39, 0.29) is 5.91 Å². The predicted octanol–water partition coefficient (Wildman–Crippen LogP) is 3.72. The van der Waals surface area contributed by atoms with Crippen LogP contribution in [0.2, 0.25) is 0 Å². The van der Waals surface area contributed by atoms with E-state index in [1.807, 2.05) is 43.3 Å². The van der Waals surface area contributed by atoms with Crippen LogP contribution in [-0.2, 0) is 11.2 Å². The number of nitrogens with one attached hydrogen (secondary N) is 1. The van der Waals surface area contributed by atoms with Crippen LogP contribution >= 0.6 is 0 Å². The van der Waals surface area contributed by atoms with Crippen molar-refractivity contribution in [2.45, 2.75) is 13.3 Å². The van der Waals surface area contributed by atoms with Crippen molar-refractivity contribution in [3.63, 3.8) is 0 Å². The number of amides is 1. The van der Waals surface area contributed by atoms with Crippen LogP contribution in [0.5, 0.6) is 0 Å². The highest BCUT2D eigenvalue weighted by atomic mass is 16.1. The molecular weight excluding hydrogens is 260 g/mol. The molecule has 0 bridgehead atoms. The number of carbonyl (C=O) groups is 1. The summed E-state index contributed by atoms with van der Waals surface area (Å²) in [6, 6.07) is 18.0. The van der Waals surface area contributed by atoms with Crippen molar-refractivity contribution in [2.75, 3.05) is 5.32 Å². The number of hydrogen-bond acceptors (Lipinski definition) is 2. The van der Waals surface area contributed by atoms with E-state index < -0.39 is 0 Å². The lowest BCUT2D eigenvalue weighted by Gasteiger charge is -2.06. The number of hydrogen-bond donors (Lipinski definition) is 1. The number of aromatic nitrogens is 1. The van der Waals surface area contributed by atoms with Gasteiger partial charge in [-0.2, -0.15) is 0 Å². The number of aryl methyl sites for hydroxylation is 1. The lowest BCUT2D eigenvalue weighted by Crippen LogP contribution is -2.15. The van der Waals surface area contributed by atoms with E-state index in [1.165, 1.54) is 5.39 Å².